The summed E-state index contributed by atoms with van der Waals surface area (Å²) in [6.07, 6.45) is 5.66. The lowest BCUT2D eigenvalue weighted by atomic mass is 10.1. The Morgan fingerprint density at radius 1 is 1.19 bits per heavy atom. The number of halogens is 3. The van der Waals surface area contributed by atoms with E-state index in [9.17, 15) is 8.78 Å². The van der Waals surface area contributed by atoms with Crippen molar-refractivity contribution in [3.05, 3.63) is 35.4 Å². The number of guanidine groups is 1. The maximum absolute atomic E-state index is 13.7. The van der Waals surface area contributed by atoms with Crippen LogP contribution in [0.15, 0.2) is 23.2 Å². The molecule has 1 atom stereocenters. The van der Waals surface area contributed by atoms with Gasteiger partial charge in [0, 0.05) is 33.2 Å². The number of hydrogen-bond donors (Lipinski definition) is 1. The zero-order valence-electron chi connectivity index (χ0n) is 16.1. The van der Waals surface area contributed by atoms with Crippen molar-refractivity contribution in [1.82, 2.24) is 15.1 Å². The van der Waals surface area contributed by atoms with E-state index in [1.165, 1.54) is 57.5 Å². The number of piperidine rings is 1. The summed E-state index contributed by atoms with van der Waals surface area (Å²) in [4.78, 5) is 9.26. The predicted molar refractivity (Wildman–Crippen MR) is 117 cm³/mol. The first-order valence-electron chi connectivity index (χ1n) is 9.77. The van der Waals surface area contributed by atoms with E-state index < -0.39 is 5.82 Å². The Morgan fingerprint density at radius 3 is 2.70 bits per heavy atom. The Kier molecular flexibility index (Phi) is 9.21. The number of nitrogens with one attached hydrogen (secondary N) is 1. The van der Waals surface area contributed by atoms with Crippen LogP contribution in [0.4, 0.5) is 8.78 Å². The largest absolute Gasteiger partial charge is 0.356 e. The first kappa shape index (κ1) is 22.3. The van der Waals surface area contributed by atoms with Crippen LogP contribution in [-0.2, 0) is 6.42 Å². The molecule has 1 aromatic carbocycles. The van der Waals surface area contributed by atoms with E-state index in [1.54, 1.807) is 7.05 Å². The highest BCUT2D eigenvalue weighted by Crippen LogP contribution is 2.20. The van der Waals surface area contributed by atoms with Crippen LogP contribution in [0.2, 0.25) is 0 Å². The molecular formula is C20H31F2IN4. The smallest absolute Gasteiger partial charge is 0.193 e. The summed E-state index contributed by atoms with van der Waals surface area (Å²) in [6.45, 7) is 6.23. The molecule has 2 aliphatic rings. The third kappa shape index (κ3) is 6.55. The van der Waals surface area contributed by atoms with Gasteiger partial charge >= 0.3 is 0 Å². The zero-order chi connectivity index (χ0) is 18.4. The summed E-state index contributed by atoms with van der Waals surface area (Å²) in [5.41, 5.74) is 0.400. The number of likely N-dealkylation sites (tertiary alicyclic amines) is 2. The molecular weight excluding hydrogens is 461 g/mol. The molecule has 2 saturated heterocycles. The van der Waals surface area contributed by atoms with E-state index in [0.717, 1.165) is 25.1 Å². The molecule has 0 amide bonds. The molecule has 2 fully saturated rings. The molecule has 1 N–H and O–H groups in total. The molecule has 152 valence electrons. The number of rotatable bonds is 5. The average molecular weight is 492 g/mol. The minimum absolute atomic E-state index is 0. The summed E-state index contributed by atoms with van der Waals surface area (Å²) < 4.78 is 27.0. The lowest BCUT2D eigenvalue weighted by Crippen LogP contribution is -2.42. The van der Waals surface area contributed by atoms with Crippen molar-refractivity contribution in [2.24, 2.45) is 10.9 Å². The molecule has 0 aromatic heterocycles. The van der Waals surface area contributed by atoms with E-state index in [4.69, 9.17) is 0 Å². The number of benzene rings is 1. The van der Waals surface area contributed by atoms with Gasteiger partial charge in [0.15, 0.2) is 5.96 Å². The summed E-state index contributed by atoms with van der Waals surface area (Å²) in [5.74, 6) is 0.798. The fraction of sp³-hybridized carbons (Fsp3) is 0.650. The lowest BCUT2D eigenvalue weighted by molar-refractivity contribution is 0.198. The van der Waals surface area contributed by atoms with E-state index in [0.29, 0.717) is 24.4 Å². The van der Waals surface area contributed by atoms with Crippen molar-refractivity contribution in [3.63, 3.8) is 0 Å². The number of hydrogen-bond acceptors (Lipinski definition) is 2. The van der Waals surface area contributed by atoms with E-state index in [-0.39, 0.29) is 29.8 Å². The van der Waals surface area contributed by atoms with E-state index in [2.05, 4.69) is 20.1 Å². The molecule has 0 bridgehead atoms. The van der Waals surface area contributed by atoms with Crippen LogP contribution in [0.3, 0.4) is 0 Å². The van der Waals surface area contributed by atoms with Crippen molar-refractivity contribution in [2.75, 3.05) is 46.3 Å². The molecule has 4 nitrogen and oxygen atoms in total. The fourth-order valence-corrected chi connectivity index (χ4v) is 4.06. The Labute approximate surface area is 178 Å². The minimum atomic E-state index is -0.397. The SMILES string of the molecule is CN=C(NCCc1cc(F)ccc1F)N1CCC(CN2CCCCC2)C1.I. The second-order valence-electron chi connectivity index (χ2n) is 7.42. The summed E-state index contributed by atoms with van der Waals surface area (Å²) in [7, 11) is 1.78. The van der Waals surface area contributed by atoms with Gasteiger partial charge in [0.05, 0.1) is 0 Å². The van der Waals surface area contributed by atoms with Gasteiger partial charge < -0.3 is 15.1 Å². The molecule has 2 aliphatic heterocycles. The molecule has 1 aromatic rings. The van der Waals surface area contributed by atoms with E-state index in [1.807, 2.05) is 0 Å². The van der Waals surface area contributed by atoms with Crippen LogP contribution in [0.25, 0.3) is 0 Å². The first-order chi connectivity index (χ1) is 12.7. The third-order valence-electron chi connectivity index (χ3n) is 5.45. The third-order valence-corrected chi connectivity index (χ3v) is 5.45. The highest BCUT2D eigenvalue weighted by Gasteiger charge is 2.26. The predicted octanol–water partition coefficient (Wildman–Crippen LogP) is 3.51. The van der Waals surface area contributed by atoms with Gasteiger partial charge in [-0.1, -0.05) is 6.42 Å². The zero-order valence-corrected chi connectivity index (χ0v) is 18.4. The van der Waals surface area contributed by atoms with Crippen LogP contribution in [0.5, 0.6) is 0 Å². The van der Waals surface area contributed by atoms with Gasteiger partial charge in [0.25, 0.3) is 0 Å². The monoisotopic (exact) mass is 492 g/mol. The van der Waals surface area contributed by atoms with Crippen LogP contribution >= 0.6 is 24.0 Å². The van der Waals surface area contributed by atoms with Gasteiger partial charge in [0.1, 0.15) is 11.6 Å². The second-order valence-corrected chi connectivity index (χ2v) is 7.42. The van der Waals surface area contributed by atoms with Crippen LogP contribution in [-0.4, -0.2) is 62.1 Å². The number of aliphatic imine (C=N–C) groups is 1. The topological polar surface area (TPSA) is 30.9 Å². The van der Waals surface area contributed by atoms with Crippen LogP contribution < -0.4 is 5.32 Å². The van der Waals surface area contributed by atoms with Gasteiger partial charge in [-0.05, 0) is 68.5 Å². The molecule has 0 spiro atoms. The average Bonchev–Trinajstić information content (AvgIpc) is 3.10. The molecule has 0 saturated carbocycles. The molecule has 1 unspecified atom stereocenters. The molecule has 2 heterocycles. The maximum Gasteiger partial charge on any atom is 0.193 e. The highest BCUT2D eigenvalue weighted by atomic mass is 127. The van der Waals surface area contributed by atoms with Gasteiger partial charge in [-0.25, -0.2) is 8.78 Å². The molecule has 27 heavy (non-hydrogen) atoms. The van der Waals surface area contributed by atoms with Crippen molar-refractivity contribution in [1.29, 1.82) is 0 Å². The summed E-state index contributed by atoms with van der Waals surface area (Å²) in [5, 5.41) is 3.30. The second kappa shape index (κ2) is 11.1. The van der Waals surface area contributed by atoms with Crippen molar-refractivity contribution in [2.45, 2.75) is 32.1 Å². The van der Waals surface area contributed by atoms with Crippen molar-refractivity contribution < 1.29 is 8.78 Å². The van der Waals surface area contributed by atoms with Gasteiger partial charge in [0.2, 0.25) is 0 Å². The lowest BCUT2D eigenvalue weighted by Gasteiger charge is -2.29. The Hall–Kier alpha value is -0.960. The quantitative estimate of drug-likeness (QED) is 0.388. The van der Waals surface area contributed by atoms with Gasteiger partial charge in [-0.15, -0.1) is 24.0 Å². The van der Waals surface area contributed by atoms with Crippen LogP contribution in [0, 0.1) is 17.6 Å². The fourth-order valence-electron chi connectivity index (χ4n) is 4.06. The highest BCUT2D eigenvalue weighted by molar-refractivity contribution is 14.0. The Morgan fingerprint density at radius 2 is 1.96 bits per heavy atom. The molecule has 0 radical (unpaired) electrons. The molecule has 3 rings (SSSR count). The van der Waals surface area contributed by atoms with Crippen LogP contribution in [0.1, 0.15) is 31.2 Å². The molecule has 0 aliphatic carbocycles. The first-order valence-corrected chi connectivity index (χ1v) is 9.77. The van der Waals surface area contributed by atoms with Gasteiger partial charge in [-0.2, -0.15) is 0 Å². The number of nitrogens with zero attached hydrogens (tertiary/aromatic N) is 3. The maximum atomic E-state index is 13.7. The minimum Gasteiger partial charge on any atom is -0.356 e. The Balaban J connectivity index is 0.00000261. The van der Waals surface area contributed by atoms with Crippen molar-refractivity contribution in [3.8, 4) is 0 Å². The summed E-state index contributed by atoms with van der Waals surface area (Å²) in [6, 6.07) is 3.60. The Bertz CT molecular complexity index is 620. The van der Waals surface area contributed by atoms with E-state index >= 15 is 0 Å². The molecule has 7 heteroatoms. The van der Waals surface area contributed by atoms with Gasteiger partial charge in [-0.3, -0.25) is 4.99 Å². The standard InChI is InChI=1S/C20H30F2N4.HI/c1-23-20(24-9-7-17-13-18(21)5-6-19(17)22)26-12-8-16(15-26)14-25-10-3-2-4-11-25;/h5-6,13,16H,2-4,7-12,14-15H2,1H3,(H,23,24);1H. The van der Waals surface area contributed by atoms with Crippen molar-refractivity contribution >= 4 is 29.9 Å². The summed E-state index contributed by atoms with van der Waals surface area (Å²) >= 11 is 0. The normalized spacial score (nSPS) is 21.2.